The maximum Gasteiger partial charge on any atom is 0.127 e. The number of thiophene rings is 1. The Labute approximate surface area is 122 Å². The van der Waals surface area contributed by atoms with Crippen molar-refractivity contribution in [3.8, 4) is 0 Å². The van der Waals surface area contributed by atoms with Crippen molar-refractivity contribution >= 4 is 27.1 Å². The monoisotopic (exact) mass is 281 g/mol. The van der Waals surface area contributed by atoms with Gasteiger partial charge in [0.25, 0.3) is 0 Å². The van der Waals surface area contributed by atoms with Gasteiger partial charge in [0, 0.05) is 10.3 Å². The molecule has 3 aromatic rings. The molecule has 0 spiro atoms. The van der Waals surface area contributed by atoms with E-state index in [1.165, 1.54) is 15.6 Å². The van der Waals surface area contributed by atoms with Gasteiger partial charge in [0.1, 0.15) is 12.8 Å². The molecule has 1 heterocycles. The van der Waals surface area contributed by atoms with Gasteiger partial charge in [-0.15, -0.1) is 11.3 Å². The van der Waals surface area contributed by atoms with E-state index in [0.717, 1.165) is 16.2 Å². The van der Waals surface area contributed by atoms with Gasteiger partial charge >= 0.3 is 0 Å². The highest BCUT2D eigenvalue weighted by atomic mass is 32.1. The second-order valence-electron chi connectivity index (χ2n) is 4.64. The van der Waals surface area contributed by atoms with Gasteiger partial charge < -0.3 is 4.84 Å². The standard InChI is InChI=1S/C17H15NOS/c1-12-7-9-13(10-8-12)17(18-19-2)16-11-14-5-3-4-6-15(14)20-16/h3-11H,1-2H3/b18-17+. The van der Waals surface area contributed by atoms with E-state index in [2.05, 4.69) is 66.7 Å². The predicted octanol–water partition coefficient (Wildman–Crippen LogP) is 4.61. The van der Waals surface area contributed by atoms with E-state index >= 15 is 0 Å². The van der Waals surface area contributed by atoms with E-state index in [-0.39, 0.29) is 0 Å². The smallest absolute Gasteiger partial charge is 0.127 e. The van der Waals surface area contributed by atoms with Crippen LogP contribution in [0.2, 0.25) is 0 Å². The zero-order valence-electron chi connectivity index (χ0n) is 11.5. The van der Waals surface area contributed by atoms with Crippen molar-refractivity contribution < 1.29 is 4.84 Å². The predicted molar refractivity (Wildman–Crippen MR) is 85.7 cm³/mol. The first kappa shape index (κ1) is 12.9. The summed E-state index contributed by atoms with van der Waals surface area (Å²) < 4.78 is 1.26. The molecule has 0 radical (unpaired) electrons. The van der Waals surface area contributed by atoms with Gasteiger partial charge in [-0.3, -0.25) is 0 Å². The van der Waals surface area contributed by atoms with E-state index < -0.39 is 0 Å². The molecule has 0 amide bonds. The number of aryl methyl sites for hydroxylation is 1. The van der Waals surface area contributed by atoms with Gasteiger partial charge in [0.05, 0.1) is 4.88 Å². The Bertz CT molecular complexity index is 723. The summed E-state index contributed by atoms with van der Waals surface area (Å²) in [6, 6.07) is 18.9. The van der Waals surface area contributed by atoms with Crippen LogP contribution in [0.5, 0.6) is 0 Å². The molecule has 2 aromatic carbocycles. The number of hydrogen-bond donors (Lipinski definition) is 0. The normalized spacial score (nSPS) is 11.8. The quantitative estimate of drug-likeness (QED) is 0.507. The van der Waals surface area contributed by atoms with E-state index in [1.54, 1.807) is 18.4 Å². The van der Waals surface area contributed by atoms with Crippen LogP contribution in [0.25, 0.3) is 10.1 Å². The summed E-state index contributed by atoms with van der Waals surface area (Å²) in [6.07, 6.45) is 0. The molecule has 3 rings (SSSR count). The zero-order chi connectivity index (χ0) is 13.9. The topological polar surface area (TPSA) is 21.6 Å². The number of fused-ring (bicyclic) bond motifs is 1. The molecule has 3 heteroatoms. The molecule has 0 atom stereocenters. The minimum absolute atomic E-state index is 0.883. The van der Waals surface area contributed by atoms with Crippen molar-refractivity contribution in [2.75, 3.05) is 7.11 Å². The Morgan fingerprint density at radius 2 is 1.80 bits per heavy atom. The number of rotatable bonds is 3. The van der Waals surface area contributed by atoms with Crippen LogP contribution >= 0.6 is 11.3 Å². The summed E-state index contributed by atoms with van der Waals surface area (Å²) in [6.45, 7) is 2.08. The average Bonchev–Trinajstić information content (AvgIpc) is 2.89. The lowest BCUT2D eigenvalue weighted by Crippen LogP contribution is -2.01. The van der Waals surface area contributed by atoms with Gasteiger partial charge in [-0.1, -0.05) is 53.2 Å². The third kappa shape index (κ3) is 2.45. The lowest BCUT2D eigenvalue weighted by Gasteiger charge is -2.03. The summed E-state index contributed by atoms with van der Waals surface area (Å²) >= 11 is 1.73. The molecule has 0 saturated carbocycles. The highest BCUT2D eigenvalue weighted by Gasteiger charge is 2.11. The highest BCUT2D eigenvalue weighted by molar-refractivity contribution is 7.21. The summed E-state index contributed by atoms with van der Waals surface area (Å²) in [5.74, 6) is 0. The molecular formula is C17H15NOS. The van der Waals surface area contributed by atoms with Gasteiger partial charge in [-0.2, -0.15) is 0 Å². The van der Waals surface area contributed by atoms with Gasteiger partial charge in [0.15, 0.2) is 0 Å². The zero-order valence-corrected chi connectivity index (χ0v) is 12.3. The van der Waals surface area contributed by atoms with E-state index in [1.807, 2.05) is 0 Å². The Kier molecular flexibility index (Phi) is 3.52. The number of oxime groups is 1. The third-order valence-electron chi connectivity index (χ3n) is 3.17. The lowest BCUT2D eigenvalue weighted by atomic mass is 10.1. The summed E-state index contributed by atoms with van der Waals surface area (Å²) in [5, 5.41) is 5.46. The molecule has 0 aliphatic rings. The van der Waals surface area contributed by atoms with Crippen LogP contribution in [0.4, 0.5) is 0 Å². The first-order chi connectivity index (χ1) is 9.78. The molecule has 0 unspecified atom stereocenters. The molecule has 0 aliphatic heterocycles. The molecule has 1 aromatic heterocycles. The van der Waals surface area contributed by atoms with Crippen molar-refractivity contribution in [2.24, 2.45) is 5.16 Å². The van der Waals surface area contributed by atoms with Crippen LogP contribution in [-0.4, -0.2) is 12.8 Å². The third-order valence-corrected chi connectivity index (χ3v) is 4.29. The fourth-order valence-electron chi connectivity index (χ4n) is 2.14. The van der Waals surface area contributed by atoms with Crippen LogP contribution in [0, 0.1) is 6.92 Å². The fraction of sp³-hybridized carbons (Fsp3) is 0.118. The lowest BCUT2D eigenvalue weighted by molar-refractivity contribution is 0.214. The van der Waals surface area contributed by atoms with Gasteiger partial charge in [-0.05, 0) is 24.4 Å². The van der Waals surface area contributed by atoms with Crippen molar-refractivity contribution in [3.63, 3.8) is 0 Å². The molecule has 2 nitrogen and oxygen atoms in total. The largest absolute Gasteiger partial charge is 0.399 e. The van der Waals surface area contributed by atoms with E-state index in [9.17, 15) is 0 Å². The van der Waals surface area contributed by atoms with Crippen molar-refractivity contribution in [2.45, 2.75) is 6.92 Å². The molecular weight excluding hydrogens is 266 g/mol. The van der Waals surface area contributed by atoms with E-state index in [4.69, 9.17) is 4.84 Å². The van der Waals surface area contributed by atoms with Crippen molar-refractivity contribution in [1.29, 1.82) is 0 Å². The Morgan fingerprint density at radius 3 is 2.50 bits per heavy atom. The van der Waals surface area contributed by atoms with Crippen LogP contribution in [0.3, 0.4) is 0 Å². The van der Waals surface area contributed by atoms with Gasteiger partial charge in [-0.25, -0.2) is 0 Å². The maximum atomic E-state index is 5.03. The SMILES string of the molecule is CO/N=C(\c1ccc(C)cc1)c1cc2ccccc2s1. The van der Waals surface area contributed by atoms with Crippen LogP contribution in [0.15, 0.2) is 59.8 Å². The number of benzene rings is 2. The average molecular weight is 281 g/mol. The molecule has 0 bridgehead atoms. The molecule has 0 N–H and O–H groups in total. The summed E-state index contributed by atoms with van der Waals surface area (Å²) in [4.78, 5) is 6.16. The second kappa shape index (κ2) is 5.47. The minimum Gasteiger partial charge on any atom is -0.399 e. The molecule has 0 saturated heterocycles. The Morgan fingerprint density at radius 1 is 1.05 bits per heavy atom. The molecule has 100 valence electrons. The first-order valence-corrected chi connectivity index (χ1v) is 7.27. The number of nitrogens with zero attached hydrogens (tertiary/aromatic N) is 1. The second-order valence-corrected chi connectivity index (χ2v) is 5.72. The summed E-state index contributed by atoms with van der Waals surface area (Å²) in [7, 11) is 1.58. The van der Waals surface area contributed by atoms with Crippen molar-refractivity contribution in [3.05, 3.63) is 70.6 Å². The molecule has 0 aliphatic carbocycles. The Hall–Kier alpha value is -2.13. The Balaban J connectivity index is 2.11. The minimum atomic E-state index is 0.883. The molecule has 0 fully saturated rings. The summed E-state index contributed by atoms with van der Waals surface area (Å²) in [5.41, 5.74) is 3.19. The number of hydrogen-bond acceptors (Lipinski definition) is 3. The highest BCUT2D eigenvalue weighted by Crippen LogP contribution is 2.27. The van der Waals surface area contributed by atoms with E-state index in [0.29, 0.717) is 0 Å². The molecule has 20 heavy (non-hydrogen) atoms. The first-order valence-electron chi connectivity index (χ1n) is 6.45. The van der Waals surface area contributed by atoms with Crippen LogP contribution in [-0.2, 0) is 4.84 Å². The van der Waals surface area contributed by atoms with Gasteiger partial charge in [0.2, 0.25) is 0 Å². The fourth-order valence-corrected chi connectivity index (χ4v) is 3.21. The maximum absolute atomic E-state index is 5.03. The van der Waals surface area contributed by atoms with Crippen LogP contribution in [0.1, 0.15) is 16.0 Å². The van der Waals surface area contributed by atoms with Crippen molar-refractivity contribution in [1.82, 2.24) is 0 Å². The van der Waals surface area contributed by atoms with Crippen LogP contribution < -0.4 is 0 Å².